The van der Waals surface area contributed by atoms with Gasteiger partial charge in [0.2, 0.25) is 5.91 Å². The third-order valence-corrected chi connectivity index (χ3v) is 5.32. The minimum absolute atomic E-state index is 0.0424. The lowest BCUT2D eigenvalue weighted by Gasteiger charge is -2.19. The first-order chi connectivity index (χ1) is 13.9. The third kappa shape index (κ3) is 3.85. The minimum Gasteiger partial charge on any atom is -0.371 e. The molecule has 1 amide bonds. The number of H-pyrrole nitrogens is 1. The lowest BCUT2D eigenvalue weighted by molar-refractivity contribution is -0.120. The molecule has 1 atom stereocenters. The SMILES string of the molecule is Cc1nc2cc[nH]n2c(=O)c1CC(=O)NCC1CCN(c2ccc(F)c(F)c2)C1. The summed E-state index contributed by atoms with van der Waals surface area (Å²) in [6.45, 7) is 3.52. The molecule has 7 nitrogen and oxygen atoms in total. The van der Waals surface area contributed by atoms with Crippen LogP contribution in [0.1, 0.15) is 17.7 Å². The van der Waals surface area contributed by atoms with Crippen LogP contribution in [0.25, 0.3) is 5.65 Å². The van der Waals surface area contributed by atoms with Crippen molar-refractivity contribution in [1.29, 1.82) is 0 Å². The molecule has 2 N–H and O–H groups in total. The average Bonchev–Trinajstić information content (AvgIpc) is 3.35. The molecular formula is C20H21F2N5O2. The summed E-state index contributed by atoms with van der Waals surface area (Å²) in [7, 11) is 0. The highest BCUT2D eigenvalue weighted by molar-refractivity contribution is 5.78. The molecule has 0 radical (unpaired) electrons. The monoisotopic (exact) mass is 401 g/mol. The van der Waals surface area contributed by atoms with Crippen molar-refractivity contribution in [2.24, 2.45) is 5.92 Å². The van der Waals surface area contributed by atoms with E-state index in [9.17, 15) is 18.4 Å². The Morgan fingerprint density at radius 3 is 2.93 bits per heavy atom. The second-order valence-electron chi connectivity index (χ2n) is 7.32. The molecule has 1 fully saturated rings. The van der Waals surface area contributed by atoms with Crippen LogP contribution in [0.15, 0.2) is 35.3 Å². The van der Waals surface area contributed by atoms with Crippen molar-refractivity contribution >= 4 is 17.2 Å². The van der Waals surface area contributed by atoms with Crippen LogP contribution >= 0.6 is 0 Å². The first-order valence-corrected chi connectivity index (χ1v) is 9.44. The van der Waals surface area contributed by atoms with Gasteiger partial charge in [0.05, 0.1) is 6.42 Å². The molecule has 1 unspecified atom stereocenters. The molecule has 0 bridgehead atoms. The maximum atomic E-state index is 13.4. The van der Waals surface area contributed by atoms with Crippen LogP contribution in [0.5, 0.6) is 0 Å². The number of halogens is 2. The van der Waals surface area contributed by atoms with Crippen molar-refractivity contribution < 1.29 is 13.6 Å². The summed E-state index contributed by atoms with van der Waals surface area (Å²) in [6.07, 6.45) is 2.40. The van der Waals surface area contributed by atoms with E-state index in [0.717, 1.165) is 12.5 Å². The second-order valence-corrected chi connectivity index (χ2v) is 7.32. The van der Waals surface area contributed by atoms with E-state index in [0.29, 0.717) is 42.2 Å². The summed E-state index contributed by atoms with van der Waals surface area (Å²) in [5.41, 5.74) is 1.76. The number of nitrogens with one attached hydrogen (secondary N) is 2. The van der Waals surface area contributed by atoms with E-state index in [2.05, 4.69) is 15.4 Å². The normalized spacial score (nSPS) is 16.5. The van der Waals surface area contributed by atoms with Gasteiger partial charge in [0.1, 0.15) is 0 Å². The molecule has 1 aliphatic heterocycles. The lowest BCUT2D eigenvalue weighted by Crippen LogP contribution is -2.34. The number of nitrogens with zero attached hydrogens (tertiary/aromatic N) is 3. The van der Waals surface area contributed by atoms with Gasteiger partial charge in [-0.15, -0.1) is 0 Å². The standard InChI is InChI=1S/C20H21F2N5O2/c1-12-15(20(29)27-18(25-12)4-6-24-27)9-19(28)23-10-13-5-7-26(11-13)14-2-3-16(21)17(22)8-14/h2-4,6,8,13,24H,5,7,9-11H2,1H3,(H,23,28). The van der Waals surface area contributed by atoms with Gasteiger partial charge < -0.3 is 10.2 Å². The summed E-state index contributed by atoms with van der Waals surface area (Å²) < 4.78 is 27.9. The molecule has 2 aromatic heterocycles. The molecule has 1 aliphatic rings. The number of hydrogen-bond donors (Lipinski definition) is 2. The number of fused-ring (bicyclic) bond motifs is 1. The Labute approximate surface area is 165 Å². The van der Waals surface area contributed by atoms with Crippen molar-refractivity contribution in [2.45, 2.75) is 19.8 Å². The summed E-state index contributed by atoms with van der Waals surface area (Å²) >= 11 is 0. The van der Waals surface area contributed by atoms with E-state index in [1.807, 2.05) is 4.90 Å². The Morgan fingerprint density at radius 2 is 2.14 bits per heavy atom. The first kappa shape index (κ1) is 19.1. The molecule has 1 saturated heterocycles. The zero-order chi connectivity index (χ0) is 20.5. The van der Waals surface area contributed by atoms with Gasteiger partial charge in [-0.3, -0.25) is 14.7 Å². The van der Waals surface area contributed by atoms with Gasteiger partial charge in [0.25, 0.3) is 5.56 Å². The number of anilines is 1. The fraction of sp³-hybridized carbons (Fsp3) is 0.350. The summed E-state index contributed by atoms with van der Waals surface area (Å²) in [5.74, 6) is -1.79. The molecule has 3 heterocycles. The third-order valence-electron chi connectivity index (χ3n) is 5.32. The maximum Gasteiger partial charge on any atom is 0.276 e. The van der Waals surface area contributed by atoms with E-state index in [-0.39, 0.29) is 23.8 Å². The van der Waals surface area contributed by atoms with Crippen LogP contribution in [-0.2, 0) is 11.2 Å². The molecule has 3 aromatic rings. The summed E-state index contributed by atoms with van der Waals surface area (Å²) in [4.78, 5) is 31.2. The van der Waals surface area contributed by atoms with Gasteiger partial charge in [-0.2, -0.15) is 0 Å². The Balaban J connectivity index is 1.35. The number of benzene rings is 1. The Morgan fingerprint density at radius 1 is 1.31 bits per heavy atom. The number of aromatic nitrogens is 3. The number of hydrogen-bond acceptors (Lipinski definition) is 4. The van der Waals surface area contributed by atoms with E-state index < -0.39 is 11.6 Å². The number of aromatic amines is 1. The predicted molar refractivity (Wildman–Crippen MR) is 104 cm³/mol. The molecule has 9 heteroatoms. The number of amides is 1. The van der Waals surface area contributed by atoms with Crippen LogP contribution in [0.3, 0.4) is 0 Å². The topological polar surface area (TPSA) is 82.5 Å². The zero-order valence-electron chi connectivity index (χ0n) is 15.9. The highest BCUT2D eigenvalue weighted by Gasteiger charge is 2.24. The molecule has 0 aliphatic carbocycles. The van der Waals surface area contributed by atoms with Gasteiger partial charge in [0.15, 0.2) is 17.3 Å². The van der Waals surface area contributed by atoms with E-state index in [4.69, 9.17) is 0 Å². The highest BCUT2D eigenvalue weighted by Crippen LogP contribution is 2.25. The molecule has 29 heavy (non-hydrogen) atoms. The molecule has 1 aromatic carbocycles. The average molecular weight is 401 g/mol. The van der Waals surface area contributed by atoms with Gasteiger partial charge in [-0.1, -0.05) is 0 Å². The number of aryl methyl sites for hydroxylation is 1. The van der Waals surface area contributed by atoms with Crippen LogP contribution in [0, 0.1) is 24.5 Å². The molecule has 4 rings (SSSR count). The number of rotatable bonds is 5. The van der Waals surface area contributed by atoms with E-state index in [1.165, 1.54) is 10.6 Å². The van der Waals surface area contributed by atoms with Gasteiger partial charge in [-0.05, 0) is 31.4 Å². The van der Waals surface area contributed by atoms with Gasteiger partial charge >= 0.3 is 0 Å². The van der Waals surface area contributed by atoms with Gasteiger partial charge in [-0.25, -0.2) is 18.3 Å². The van der Waals surface area contributed by atoms with Crippen LogP contribution in [-0.4, -0.2) is 40.1 Å². The predicted octanol–water partition coefficient (Wildman–Crippen LogP) is 1.79. The Bertz CT molecular complexity index is 1120. The Hall–Kier alpha value is -3.23. The van der Waals surface area contributed by atoms with Crippen molar-refractivity contribution in [3.63, 3.8) is 0 Å². The first-order valence-electron chi connectivity index (χ1n) is 9.44. The zero-order valence-corrected chi connectivity index (χ0v) is 15.9. The largest absolute Gasteiger partial charge is 0.371 e. The smallest absolute Gasteiger partial charge is 0.276 e. The maximum absolute atomic E-state index is 13.4. The summed E-state index contributed by atoms with van der Waals surface area (Å²) in [6, 6.07) is 5.56. The van der Waals surface area contributed by atoms with Crippen molar-refractivity contribution in [3.8, 4) is 0 Å². The van der Waals surface area contributed by atoms with Crippen LogP contribution in [0.2, 0.25) is 0 Å². The molecule has 152 valence electrons. The van der Waals surface area contributed by atoms with Crippen LogP contribution < -0.4 is 15.8 Å². The quantitative estimate of drug-likeness (QED) is 0.683. The van der Waals surface area contributed by atoms with E-state index in [1.54, 1.807) is 25.3 Å². The highest BCUT2D eigenvalue weighted by atomic mass is 19.2. The van der Waals surface area contributed by atoms with E-state index >= 15 is 0 Å². The molecular weight excluding hydrogens is 380 g/mol. The lowest BCUT2D eigenvalue weighted by atomic mass is 10.1. The molecule has 0 spiro atoms. The minimum atomic E-state index is -0.867. The fourth-order valence-corrected chi connectivity index (χ4v) is 3.71. The van der Waals surface area contributed by atoms with Crippen LogP contribution in [0.4, 0.5) is 14.5 Å². The van der Waals surface area contributed by atoms with Gasteiger partial charge in [0, 0.05) is 54.9 Å². The summed E-state index contributed by atoms with van der Waals surface area (Å²) in [5, 5.41) is 5.66. The van der Waals surface area contributed by atoms with Crippen molar-refractivity contribution in [2.75, 3.05) is 24.5 Å². The Kier molecular flexibility index (Phi) is 5.04. The number of carbonyl (C=O) groups is 1. The second kappa shape index (κ2) is 7.65. The molecule has 0 saturated carbocycles. The van der Waals surface area contributed by atoms with Crippen molar-refractivity contribution in [3.05, 3.63) is 63.7 Å². The number of carbonyl (C=O) groups excluding carboxylic acids is 1. The fourth-order valence-electron chi connectivity index (χ4n) is 3.71. The van der Waals surface area contributed by atoms with Crippen molar-refractivity contribution in [1.82, 2.24) is 19.9 Å².